The normalized spacial score (nSPS) is 10.6. The number of ketones is 1. The van der Waals surface area contributed by atoms with E-state index in [4.69, 9.17) is 4.74 Å². The van der Waals surface area contributed by atoms with E-state index < -0.39 is 0 Å². The molecule has 0 radical (unpaired) electrons. The van der Waals surface area contributed by atoms with E-state index >= 15 is 0 Å². The van der Waals surface area contributed by atoms with Crippen molar-refractivity contribution in [1.29, 1.82) is 0 Å². The predicted molar refractivity (Wildman–Crippen MR) is 80.7 cm³/mol. The Morgan fingerprint density at radius 2 is 1.86 bits per heavy atom. The zero-order chi connectivity index (χ0) is 14.8. The number of carbonyl (C=O) groups is 1. The monoisotopic (exact) mass is 278 g/mol. The molecule has 4 heteroatoms. The van der Waals surface area contributed by atoms with E-state index in [-0.39, 0.29) is 5.78 Å². The highest BCUT2D eigenvalue weighted by Crippen LogP contribution is 2.22. The second-order valence-electron chi connectivity index (χ2n) is 4.78. The highest BCUT2D eigenvalue weighted by atomic mass is 16.5. The molecule has 2 aromatic carbocycles. The van der Waals surface area contributed by atoms with Crippen LogP contribution in [0.25, 0.3) is 11.0 Å². The molecule has 4 nitrogen and oxygen atoms in total. The summed E-state index contributed by atoms with van der Waals surface area (Å²) in [6, 6.07) is 13.0. The molecule has 3 rings (SSSR count). The third-order valence-corrected chi connectivity index (χ3v) is 3.28. The fourth-order valence-corrected chi connectivity index (χ4v) is 2.20. The van der Waals surface area contributed by atoms with Crippen molar-refractivity contribution in [2.24, 2.45) is 0 Å². The van der Waals surface area contributed by atoms with Gasteiger partial charge in [-0.25, -0.2) is 4.98 Å². The maximum absolute atomic E-state index is 12.6. The number of nitrogens with zero attached hydrogens (tertiary/aromatic N) is 2. The number of carbonyl (C=O) groups excluding carboxylic acids is 1. The molecule has 1 aromatic heterocycles. The van der Waals surface area contributed by atoms with Crippen LogP contribution >= 0.6 is 0 Å². The van der Waals surface area contributed by atoms with Crippen LogP contribution in [-0.4, -0.2) is 22.9 Å². The summed E-state index contributed by atoms with van der Waals surface area (Å²) in [6.07, 6.45) is 1.51. The number of methoxy groups -OCH3 is 1. The molecule has 3 aromatic rings. The molecule has 0 saturated carbocycles. The first-order chi connectivity index (χ1) is 10.2. The minimum atomic E-state index is -0.186. The quantitative estimate of drug-likeness (QED) is 0.690. The average molecular weight is 278 g/mol. The van der Waals surface area contributed by atoms with Crippen LogP contribution in [-0.2, 0) is 0 Å². The van der Waals surface area contributed by atoms with Crippen molar-refractivity contribution in [1.82, 2.24) is 9.97 Å². The van der Waals surface area contributed by atoms with E-state index in [0.717, 1.165) is 11.1 Å². The van der Waals surface area contributed by atoms with Crippen molar-refractivity contribution >= 4 is 16.8 Å². The van der Waals surface area contributed by atoms with Crippen LogP contribution in [0.1, 0.15) is 21.6 Å². The molecule has 0 unspecified atom stereocenters. The molecule has 0 N–H and O–H groups in total. The zero-order valence-electron chi connectivity index (χ0n) is 11.8. The summed E-state index contributed by atoms with van der Waals surface area (Å²) in [6.45, 7) is 1.93. The van der Waals surface area contributed by atoms with Crippen molar-refractivity contribution in [3.05, 3.63) is 65.5 Å². The Morgan fingerprint density at radius 1 is 1.10 bits per heavy atom. The largest absolute Gasteiger partial charge is 0.496 e. The molecule has 0 aliphatic heterocycles. The van der Waals surface area contributed by atoms with Crippen LogP contribution in [0.3, 0.4) is 0 Å². The third kappa shape index (κ3) is 2.48. The number of rotatable bonds is 3. The number of aromatic nitrogens is 2. The summed E-state index contributed by atoms with van der Waals surface area (Å²) in [5, 5.41) is 0. The molecule has 0 amide bonds. The molecular formula is C17H14N2O2. The molecule has 0 spiro atoms. The fourth-order valence-electron chi connectivity index (χ4n) is 2.20. The standard InChI is InChI=1S/C17H14N2O2/c1-11-7-8-16(21-2)12(9-11)17(20)15-10-18-13-5-3-4-6-14(13)19-15/h3-10H,1-2H3. The second kappa shape index (κ2) is 5.32. The van der Waals surface area contributed by atoms with Gasteiger partial charge in [0.25, 0.3) is 0 Å². The molecule has 1 heterocycles. The molecular weight excluding hydrogens is 264 g/mol. The van der Waals surface area contributed by atoms with Crippen molar-refractivity contribution < 1.29 is 9.53 Å². The first-order valence-corrected chi connectivity index (χ1v) is 6.60. The Balaban J connectivity index is 2.10. The first-order valence-electron chi connectivity index (χ1n) is 6.60. The van der Waals surface area contributed by atoms with Gasteiger partial charge in [-0.2, -0.15) is 0 Å². The summed E-state index contributed by atoms with van der Waals surface area (Å²) in [7, 11) is 1.55. The van der Waals surface area contributed by atoms with Gasteiger partial charge in [0.2, 0.25) is 5.78 Å². The predicted octanol–water partition coefficient (Wildman–Crippen LogP) is 3.18. The Labute approximate surface area is 122 Å². The molecule has 104 valence electrons. The maximum atomic E-state index is 12.6. The van der Waals surface area contributed by atoms with Gasteiger partial charge in [-0.05, 0) is 31.2 Å². The van der Waals surface area contributed by atoms with Crippen LogP contribution in [0.5, 0.6) is 5.75 Å². The number of fused-ring (bicyclic) bond motifs is 1. The molecule has 0 aliphatic rings. The van der Waals surface area contributed by atoms with Gasteiger partial charge in [-0.1, -0.05) is 23.8 Å². The second-order valence-corrected chi connectivity index (χ2v) is 4.78. The number of hydrogen-bond acceptors (Lipinski definition) is 4. The molecule has 0 atom stereocenters. The lowest BCUT2D eigenvalue weighted by Gasteiger charge is -2.08. The van der Waals surface area contributed by atoms with Crippen LogP contribution in [0, 0.1) is 6.92 Å². The Hall–Kier alpha value is -2.75. The number of ether oxygens (including phenoxy) is 1. The smallest absolute Gasteiger partial charge is 0.216 e. The molecule has 0 saturated heterocycles. The van der Waals surface area contributed by atoms with Gasteiger partial charge in [0.15, 0.2) is 0 Å². The third-order valence-electron chi connectivity index (χ3n) is 3.28. The van der Waals surface area contributed by atoms with Gasteiger partial charge in [0.05, 0.1) is 29.9 Å². The van der Waals surface area contributed by atoms with E-state index in [1.807, 2.05) is 37.3 Å². The van der Waals surface area contributed by atoms with Crippen molar-refractivity contribution in [3.8, 4) is 5.75 Å². The van der Waals surface area contributed by atoms with Crippen molar-refractivity contribution in [3.63, 3.8) is 0 Å². The highest BCUT2D eigenvalue weighted by Gasteiger charge is 2.16. The van der Waals surface area contributed by atoms with Gasteiger partial charge in [0, 0.05) is 0 Å². The minimum absolute atomic E-state index is 0.186. The Kier molecular flexibility index (Phi) is 3.36. The van der Waals surface area contributed by atoms with Gasteiger partial charge in [-0.15, -0.1) is 0 Å². The maximum Gasteiger partial charge on any atom is 0.216 e. The number of hydrogen-bond donors (Lipinski definition) is 0. The molecule has 0 fully saturated rings. The number of para-hydroxylation sites is 2. The molecule has 21 heavy (non-hydrogen) atoms. The van der Waals surface area contributed by atoms with Gasteiger partial charge in [0.1, 0.15) is 11.4 Å². The molecule has 0 bridgehead atoms. The van der Waals surface area contributed by atoms with Gasteiger partial charge in [-0.3, -0.25) is 9.78 Å². The Bertz CT molecular complexity index is 828. The SMILES string of the molecule is COc1ccc(C)cc1C(=O)c1cnc2ccccc2n1. The lowest BCUT2D eigenvalue weighted by molar-refractivity contribution is 0.103. The van der Waals surface area contributed by atoms with E-state index in [1.165, 1.54) is 6.20 Å². The number of benzene rings is 2. The lowest BCUT2D eigenvalue weighted by Crippen LogP contribution is -2.07. The highest BCUT2D eigenvalue weighted by molar-refractivity contribution is 6.10. The van der Waals surface area contributed by atoms with Gasteiger partial charge < -0.3 is 4.74 Å². The summed E-state index contributed by atoms with van der Waals surface area (Å²) in [5.41, 5.74) is 3.29. The summed E-state index contributed by atoms with van der Waals surface area (Å²) < 4.78 is 5.26. The van der Waals surface area contributed by atoms with E-state index in [2.05, 4.69) is 9.97 Å². The van der Waals surface area contributed by atoms with E-state index in [0.29, 0.717) is 22.5 Å². The topological polar surface area (TPSA) is 52.1 Å². The number of aryl methyl sites for hydroxylation is 1. The van der Waals surface area contributed by atoms with Gasteiger partial charge >= 0.3 is 0 Å². The average Bonchev–Trinajstić information content (AvgIpc) is 2.53. The minimum Gasteiger partial charge on any atom is -0.496 e. The lowest BCUT2D eigenvalue weighted by atomic mass is 10.0. The van der Waals surface area contributed by atoms with Crippen molar-refractivity contribution in [2.75, 3.05) is 7.11 Å². The first kappa shape index (κ1) is 13.2. The summed E-state index contributed by atoms with van der Waals surface area (Å²) in [5.74, 6) is 0.356. The molecule has 0 aliphatic carbocycles. The summed E-state index contributed by atoms with van der Waals surface area (Å²) >= 11 is 0. The van der Waals surface area contributed by atoms with E-state index in [1.54, 1.807) is 19.2 Å². The van der Waals surface area contributed by atoms with Crippen LogP contribution in [0.15, 0.2) is 48.7 Å². The summed E-state index contributed by atoms with van der Waals surface area (Å²) in [4.78, 5) is 21.3. The van der Waals surface area contributed by atoms with Crippen molar-refractivity contribution in [2.45, 2.75) is 6.92 Å². The zero-order valence-corrected chi connectivity index (χ0v) is 11.8. The Morgan fingerprint density at radius 3 is 2.62 bits per heavy atom. The van der Waals surface area contributed by atoms with Crippen LogP contribution < -0.4 is 4.74 Å². The fraction of sp³-hybridized carbons (Fsp3) is 0.118. The van der Waals surface area contributed by atoms with E-state index in [9.17, 15) is 4.79 Å². The van der Waals surface area contributed by atoms with Crippen LogP contribution in [0.4, 0.5) is 0 Å². The van der Waals surface area contributed by atoms with Crippen LogP contribution in [0.2, 0.25) is 0 Å².